The number of nitrogens with one attached hydrogen (secondary N) is 2. The minimum Gasteiger partial charge on any atom is -0.462 e. The van der Waals surface area contributed by atoms with Gasteiger partial charge >= 0.3 is 12.1 Å². The minimum absolute atomic E-state index is 0.0930. The lowest BCUT2D eigenvalue weighted by Crippen LogP contribution is -2.50. The summed E-state index contributed by atoms with van der Waals surface area (Å²) in [6, 6.07) is 15.0. The van der Waals surface area contributed by atoms with E-state index in [4.69, 9.17) is 9.47 Å². The van der Waals surface area contributed by atoms with Crippen molar-refractivity contribution in [2.45, 2.75) is 66.1 Å². The molecule has 1 aliphatic rings. The van der Waals surface area contributed by atoms with Crippen LogP contribution in [0.15, 0.2) is 60.9 Å². The van der Waals surface area contributed by atoms with Gasteiger partial charge in [-0.3, -0.25) is 4.79 Å². The maximum absolute atomic E-state index is 12.9. The highest BCUT2D eigenvalue weighted by atomic mass is 16.6. The smallest absolute Gasteiger partial charge is 0.410 e. The number of carbonyl (C=O) groups is 2. The van der Waals surface area contributed by atoms with Crippen LogP contribution in [0.3, 0.4) is 0 Å². The predicted octanol–water partition coefficient (Wildman–Crippen LogP) is 6.07. The normalized spacial score (nSPS) is 13.9. The Balaban J connectivity index is 1.31. The average Bonchev–Trinajstić information content (AvgIpc) is 3.04. The van der Waals surface area contributed by atoms with E-state index in [1.165, 1.54) is 0 Å². The van der Waals surface area contributed by atoms with Gasteiger partial charge in [0.1, 0.15) is 22.9 Å². The second-order valence-corrected chi connectivity index (χ2v) is 12.6. The summed E-state index contributed by atoms with van der Waals surface area (Å²) in [5.74, 6) is 1.66. The predicted molar refractivity (Wildman–Crippen MR) is 185 cm³/mol. The Bertz CT molecular complexity index is 1740. The number of aryl methyl sites for hydroxylation is 1. The van der Waals surface area contributed by atoms with Crippen LogP contribution in [0.1, 0.15) is 52.3 Å². The molecule has 1 fully saturated rings. The topological polar surface area (TPSA) is 148 Å². The maximum atomic E-state index is 12.9. The van der Waals surface area contributed by atoms with Crippen LogP contribution < -0.4 is 15.5 Å². The van der Waals surface area contributed by atoms with E-state index in [-0.39, 0.29) is 24.6 Å². The van der Waals surface area contributed by atoms with Crippen molar-refractivity contribution < 1.29 is 19.1 Å². The van der Waals surface area contributed by atoms with Crippen LogP contribution in [0, 0.1) is 6.92 Å². The third-order valence-corrected chi connectivity index (χ3v) is 7.53. The molecule has 5 rings (SSSR count). The minimum atomic E-state index is -0.557. The fraction of sp³-hybridized carbons (Fsp3) is 0.400. The van der Waals surface area contributed by atoms with Crippen molar-refractivity contribution in [2.75, 3.05) is 41.7 Å². The lowest BCUT2D eigenvalue weighted by Gasteiger charge is -2.37. The summed E-state index contributed by atoms with van der Waals surface area (Å²) in [5.41, 5.74) is 3.42. The molecule has 3 aromatic heterocycles. The van der Waals surface area contributed by atoms with E-state index in [9.17, 15) is 9.59 Å². The van der Waals surface area contributed by atoms with Crippen molar-refractivity contribution in [1.29, 1.82) is 0 Å². The molecule has 0 unspecified atom stereocenters. The number of anilines is 5. The van der Waals surface area contributed by atoms with E-state index >= 15 is 0 Å². The monoisotopic (exact) mass is 653 g/mol. The summed E-state index contributed by atoms with van der Waals surface area (Å²) in [6.45, 7) is 13.6. The molecule has 0 radical (unpaired) electrons. The fourth-order valence-corrected chi connectivity index (χ4v) is 5.04. The maximum Gasteiger partial charge on any atom is 0.410 e. The van der Waals surface area contributed by atoms with E-state index in [1.807, 2.05) is 77.9 Å². The lowest BCUT2D eigenvalue weighted by molar-refractivity contribution is -0.147. The van der Waals surface area contributed by atoms with Gasteiger partial charge in [-0.25, -0.2) is 24.7 Å². The summed E-state index contributed by atoms with van der Waals surface area (Å²) >= 11 is 0. The van der Waals surface area contributed by atoms with Crippen molar-refractivity contribution in [3.05, 3.63) is 72.2 Å². The molecule has 1 aromatic carbocycles. The quantitative estimate of drug-likeness (QED) is 0.192. The van der Waals surface area contributed by atoms with Gasteiger partial charge < -0.3 is 29.9 Å². The number of rotatable bonds is 10. The highest BCUT2D eigenvalue weighted by Crippen LogP contribution is 2.28. The molecule has 0 spiro atoms. The molecule has 13 nitrogen and oxygen atoms in total. The van der Waals surface area contributed by atoms with Gasteiger partial charge in [0.05, 0.1) is 12.5 Å². The molecule has 252 valence electrons. The number of hydrogen-bond donors (Lipinski definition) is 2. The fourth-order valence-electron chi connectivity index (χ4n) is 5.04. The van der Waals surface area contributed by atoms with E-state index in [0.29, 0.717) is 61.0 Å². The zero-order valence-corrected chi connectivity index (χ0v) is 28.4. The largest absolute Gasteiger partial charge is 0.462 e. The van der Waals surface area contributed by atoms with Gasteiger partial charge in [-0.1, -0.05) is 13.0 Å². The van der Waals surface area contributed by atoms with E-state index < -0.39 is 5.60 Å². The summed E-state index contributed by atoms with van der Waals surface area (Å²) in [5, 5.41) is 6.49. The summed E-state index contributed by atoms with van der Waals surface area (Å²) in [6.07, 6.45) is 3.64. The number of aromatic nitrogens is 5. The number of esters is 1. The van der Waals surface area contributed by atoms with Crippen molar-refractivity contribution >= 4 is 41.0 Å². The first kappa shape index (κ1) is 34.0. The molecular weight excluding hydrogens is 610 g/mol. The standard InChI is InChI=1S/C35H43N9O4/c1-7-24(3)47-31(45)22-25-21-26(11-12-28(25)43-17-19-44(20-18-43)34(46)48-35(4,5)6)39-33-37-16-14-30(42-33)40-29-13-15-36-32(41-29)27-10-8-9-23(2)38-27/h8-16,21,24H,7,17-20,22H2,1-6H3,(H2,36,37,39,40,41,42)/t24-/m1/s1. The lowest BCUT2D eigenvalue weighted by atomic mass is 10.1. The van der Waals surface area contributed by atoms with Crippen LogP contribution in [0.4, 0.5) is 33.8 Å². The van der Waals surface area contributed by atoms with Gasteiger partial charge in [0.2, 0.25) is 5.95 Å². The summed E-state index contributed by atoms with van der Waals surface area (Å²) < 4.78 is 11.2. The Hall–Kier alpha value is -5.33. The van der Waals surface area contributed by atoms with Crippen LogP contribution >= 0.6 is 0 Å². The second-order valence-electron chi connectivity index (χ2n) is 12.6. The van der Waals surface area contributed by atoms with Gasteiger partial charge in [0, 0.05) is 55.6 Å². The van der Waals surface area contributed by atoms with Crippen LogP contribution in [-0.2, 0) is 20.7 Å². The Labute approximate surface area is 281 Å². The van der Waals surface area contributed by atoms with Gasteiger partial charge in [-0.15, -0.1) is 0 Å². The van der Waals surface area contributed by atoms with Crippen molar-refractivity contribution in [3.8, 4) is 11.5 Å². The molecule has 1 atom stereocenters. The van der Waals surface area contributed by atoms with E-state index in [2.05, 4.69) is 40.5 Å². The number of ether oxygens (including phenoxy) is 2. The van der Waals surface area contributed by atoms with Crippen LogP contribution in [0.5, 0.6) is 0 Å². The van der Waals surface area contributed by atoms with Crippen LogP contribution in [0.25, 0.3) is 11.5 Å². The Morgan fingerprint density at radius 3 is 2.35 bits per heavy atom. The number of amides is 1. The van der Waals surface area contributed by atoms with Crippen molar-refractivity contribution in [3.63, 3.8) is 0 Å². The first-order chi connectivity index (χ1) is 23.0. The third-order valence-electron chi connectivity index (χ3n) is 7.53. The van der Waals surface area contributed by atoms with E-state index in [1.54, 1.807) is 29.4 Å². The Kier molecular flexibility index (Phi) is 10.7. The molecule has 48 heavy (non-hydrogen) atoms. The zero-order valence-electron chi connectivity index (χ0n) is 28.4. The van der Waals surface area contributed by atoms with Crippen molar-refractivity contribution in [2.24, 2.45) is 0 Å². The summed E-state index contributed by atoms with van der Waals surface area (Å²) in [7, 11) is 0. The molecule has 0 aliphatic carbocycles. The molecule has 13 heteroatoms. The molecule has 0 bridgehead atoms. The summed E-state index contributed by atoms with van der Waals surface area (Å²) in [4.78, 5) is 51.9. The first-order valence-electron chi connectivity index (χ1n) is 16.1. The van der Waals surface area contributed by atoms with E-state index in [0.717, 1.165) is 23.4 Å². The molecule has 1 amide bonds. The number of hydrogen-bond acceptors (Lipinski definition) is 12. The number of pyridine rings is 1. The molecule has 0 saturated carbocycles. The average molecular weight is 654 g/mol. The van der Waals surface area contributed by atoms with Gasteiger partial charge in [-0.05, 0) is 89.1 Å². The number of piperazine rings is 1. The SMILES string of the molecule is CC[C@@H](C)OC(=O)Cc1cc(Nc2nccc(Nc3ccnc(-c4cccc(C)n4)n3)n2)ccc1N1CCN(C(=O)OC(C)(C)C)CC1. The van der Waals surface area contributed by atoms with Gasteiger partial charge in [-0.2, -0.15) is 4.98 Å². The zero-order chi connectivity index (χ0) is 34.3. The highest BCUT2D eigenvalue weighted by Gasteiger charge is 2.27. The number of nitrogens with zero attached hydrogens (tertiary/aromatic N) is 7. The molecule has 2 N–H and O–H groups in total. The molecule has 1 saturated heterocycles. The number of benzene rings is 1. The number of carbonyl (C=O) groups excluding carboxylic acids is 2. The Morgan fingerprint density at radius 2 is 1.65 bits per heavy atom. The first-order valence-corrected chi connectivity index (χ1v) is 16.1. The highest BCUT2D eigenvalue weighted by molar-refractivity contribution is 5.78. The second kappa shape index (κ2) is 15.1. The Morgan fingerprint density at radius 1 is 0.917 bits per heavy atom. The van der Waals surface area contributed by atoms with Gasteiger partial charge in [0.25, 0.3) is 0 Å². The van der Waals surface area contributed by atoms with Crippen LogP contribution in [0.2, 0.25) is 0 Å². The molecule has 4 aromatic rings. The van der Waals surface area contributed by atoms with Gasteiger partial charge in [0.15, 0.2) is 5.82 Å². The molecule has 1 aliphatic heterocycles. The van der Waals surface area contributed by atoms with Crippen LogP contribution in [-0.4, -0.2) is 79.8 Å². The third kappa shape index (κ3) is 9.36. The van der Waals surface area contributed by atoms with Crippen molar-refractivity contribution in [1.82, 2.24) is 29.8 Å². The molecular formula is C35H43N9O4. The molecule has 4 heterocycles.